The molecule has 0 atom stereocenters. The molecule has 0 spiro atoms. The third-order valence-electron chi connectivity index (χ3n) is 3.42. The van der Waals surface area contributed by atoms with E-state index in [0.29, 0.717) is 6.42 Å². The third-order valence-corrected chi connectivity index (χ3v) is 3.42. The van der Waals surface area contributed by atoms with Crippen molar-refractivity contribution in [1.29, 1.82) is 0 Å². The Kier molecular flexibility index (Phi) is 3.64. The molecule has 20 heavy (non-hydrogen) atoms. The normalized spacial score (nSPS) is 17.2. The molecule has 1 aliphatic rings. The first-order valence-corrected chi connectivity index (χ1v) is 6.05. The Morgan fingerprint density at radius 2 is 2.05 bits per heavy atom. The van der Waals surface area contributed by atoms with E-state index in [1.807, 2.05) is 5.32 Å². The van der Waals surface area contributed by atoms with Crippen molar-refractivity contribution in [2.75, 3.05) is 12.4 Å². The molecule has 0 unspecified atom stereocenters. The van der Waals surface area contributed by atoms with Crippen molar-refractivity contribution in [3.63, 3.8) is 0 Å². The van der Waals surface area contributed by atoms with E-state index in [1.54, 1.807) is 0 Å². The van der Waals surface area contributed by atoms with Gasteiger partial charge in [0.1, 0.15) is 17.2 Å². The molecule has 1 amide bonds. The van der Waals surface area contributed by atoms with Gasteiger partial charge < -0.3 is 15.2 Å². The largest absolute Gasteiger partial charge is 0.497 e. The number of anilines is 1. The number of benzene rings is 1. The molecule has 1 fully saturated rings. The average molecular weight is 289 g/mol. The van der Waals surface area contributed by atoms with Crippen LogP contribution in [-0.2, 0) is 4.79 Å². The first-order valence-electron chi connectivity index (χ1n) is 6.05. The molecule has 0 aliphatic heterocycles. The standard InChI is InChI=1S/C13H14F3NO3/c1-20-10-6-8(14)5-9(7-10)17-11(18)13(15,16)12(19)3-2-4-12/h5-7,19H,2-4H2,1H3,(H,17,18). The van der Waals surface area contributed by atoms with Crippen molar-refractivity contribution >= 4 is 11.6 Å². The molecule has 0 bridgehead atoms. The molecular formula is C13H14F3NO3. The zero-order valence-electron chi connectivity index (χ0n) is 10.8. The number of alkyl halides is 2. The Balaban J connectivity index is 2.17. The van der Waals surface area contributed by atoms with Crippen LogP contribution in [0.1, 0.15) is 19.3 Å². The Hall–Kier alpha value is -1.76. The summed E-state index contributed by atoms with van der Waals surface area (Å²) >= 11 is 0. The van der Waals surface area contributed by atoms with Crippen LogP contribution >= 0.6 is 0 Å². The highest BCUT2D eigenvalue weighted by Gasteiger charge is 2.61. The van der Waals surface area contributed by atoms with Crippen molar-refractivity contribution in [1.82, 2.24) is 0 Å². The fraction of sp³-hybridized carbons (Fsp3) is 0.462. The van der Waals surface area contributed by atoms with Crippen molar-refractivity contribution < 1.29 is 27.8 Å². The number of rotatable bonds is 4. The summed E-state index contributed by atoms with van der Waals surface area (Å²) < 4.78 is 45.6. The van der Waals surface area contributed by atoms with Crippen LogP contribution in [0.25, 0.3) is 0 Å². The summed E-state index contributed by atoms with van der Waals surface area (Å²) in [6.07, 6.45) is 0.160. The average Bonchev–Trinajstić information content (AvgIpc) is 2.34. The molecule has 0 aromatic heterocycles. The van der Waals surface area contributed by atoms with Crippen LogP contribution < -0.4 is 10.1 Å². The summed E-state index contributed by atoms with van der Waals surface area (Å²) in [5, 5.41) is 11.5. The number of carbonyl (C=O) groups is 1. The lowest BCUT2D eigenvalue weighted by atomic mass is 9.75. The molecule has 1 aliphatic carbocycles. The topological polar surface area (TPSA) is 58.6 Å². The summed E-state index contributed by atoms with van der Waals surface area (Å²) in [4.78, 5) is 11.6. The second-order valence-corrected chi connectivity index (χ2v) is 4.79. The summed E-state index contributed by atoms with van der Waals surface area (Å²) in [5.41, 5.74) is -2.47. The Morgan fingerprint density at radius 3 is 2.55 bits per heavy atom. The number of nitrogens with one attached hydrogen (secondary N) is 1. The van der Waals surface area contributed by atoms with E-state index in [-0.39, 0.29) is 24.3 Å². The Morgan fingerprint density at radius 1 is 1.40 bits per heavy atom. The summed E-state index contributed by atoms with van der Waals surface area (Å²) in [6.45, 7) is 0. The molecule has 1 aromatic carbocycles. The zero-order chi connectivity index (χ0) is 15.0. The number of hydrogen-bond acceptors (Lipinski definition) is 3. The van der Waals surface area contributed by atoms with Gasteiger partial charge in [0.25, 0.3) is 5.91 Å². The van der Waals surface area contributed by atoms with Crippen LogP contribution in [-0.4, -0.2) is 29.6 Å². The SMILES string of the molecule is COc1cc(F)cc(NC(=O)C(F)(F)C2(O)CCC2)c1. The van der Waals surface area contributed by atoms with E-state index < -0.39 is 23.2 Å². The number of amides is 1. The van der Waals surface area contributed by atoms with Crippen molar-refractivity contribution in [2.45, 2.75) is 30.8 Å². The lowest BCUT2D eigenvalue weighted by Crippen LogP contribution is -2.59. The van der Waals surface area contributed by atoms with E-state index >= 15 is 0 Å². The van der Waals surface area contributed by atoms with Crippen LogP contribution in [0.15, 0.2) is 18.2 Å². The third kappa shape index (κ3) is 2.45. The predicted octanol–water partition coefficient (Wildman–Crippen LogP) is 2.32. The van der Waals surface area contributed by atoms with Gasteiger partial charge >= 0.3 is 5.92 Å². The van der Waals surface area contributed by atoms with Crippen molar-refractivity contribution in [3.8, 4) is 5.75 Å². The maximum atomic E-state index is 13.8. The van der Waals surface area contributed by atoms with Crippen LogP contribution in [0, 0.1) is 5.82 Å². The second-order valence-electron chi connectivity index (χ2n) is 4.79. The van der Waals surface area contributed by atoms with Gasteiger partial charge in [-0.1, -0.05) is 0 Å². The van der Waals surface area contributed by atoms with Crippen LogP contribution in [0.5, 0.6) is 5.75 Å². The molecular weight excluding hydrogens is 275 g/mol. The first-order chi connectivity index (χ1) is 9.28. The number of ether oxygens (including phenoxy) is 1. The summed E-state index contributed by atoms with van der Waals surface area (Å²) in [6, 6.07) is 3.15. The van der Waals surface area contributed by atoms with Crippen LogP contribution in [0.2, 0.25) is 0 Å². The minimum absolute atomic E-state index is 0.0889. The number of aliphatic hydroxyl groups is 1. The first kappa shape index (κ1) is 14.6. The molecule has 2 N–H and O–H groups in total. The van der Waals surface area contributed by atoms with Gasteiger partial charge in [-0.2, -0.15) is 8.78 Å². The molecule has 0 radical (unpaired) electrons. The highest BCUT2D eigenvalue weighted by Crippen LogP contribution is 2.44. The van der Waals surface area contributed by atoms with Crippen molar-refractivity contribution in [3.05, 3.63) is 24.0 Å². The van der Waals surface area contributed by atoms with E-state index in [2.05, 4.69) is 0 Å². The summed E-state index contributed by atoms with van der Waals surface area (Å²) in [5.74, 6) is -6.23. The van der Waals surface area contributed by atoms with Gasteiger partial charge in [-0.05, 0) is 25.3 Å². The zero-order valence-corrected chi connectivity index (χ0v) is 10.8. The Bertz CT molecular complexity index is 530. The molecule has 1 saturated carbocycles. The quantitative estimate of drug-likeness (QED) is 0.894. The predicted molar refractivity (Wildman–Crippen MR) is 65.3 cm³/mol. The smallest absolute Gasteiger partial charge is 0.352 e. The number of methoxy groups -OCH3 is 1. The highest BCUT2D eigenvalue weighted by atomic mass is 19.3. The van der Waals surface area contributed by atoms with E-state index in [0.717, 1.165) is 12.1 Å². The molecule has 7 heteroatoms. The highest BCUT2D eigenvalue weighted by molar-refractivity contribution is 5.97. The maximum Gasteiger partial charge on any atom is 0.352 e. The number of carbonyl (C=O) groups excluding carboxylic acids is 1. The van der Waals surface area contributed by atoms with Gasteiger partial charge in [0.15, 0.2) is 0 Å². The van der Waals surface area contributed by atoms with Crippen LogP contribution in [0.4, 0.5) is 18.9 Å². The molecule has 1 aromatic rings. The maximum absolute atomic E-state index is 13.8. The minimum atomic E-state index is -3.93. The molecule has 0 saturated heterocycles. The fourth-order valence-corrected chi connectivity index (χ4v) is 2.00. The molecule has 4 nitrogen and oxygen atoms in total. The van der Waals surface area contributed by atoms with Gasteiger partial charge in [-0.25, -0.2) is 4.39 Å². The van der Waals surface area contributed by atoms with Gasteiger partial charge in [-0.3, -0.25) is 4.79 Å². The number of hydrogen-bond donors (Lipinski definition) is 2. The molecule has 0 heterocycles. The second kappa shape index (κ2) is 4.97. The monoisotopic (exact) mass is 289 g/mol. The molecule has 2 rings (SSSR count). The lowest BCUT2D eigenvalue weighted by Gasteiger charge is -2.41. The summed E-state index contributed by atoms with van der Waals surface area (Å²) in [7, 11) is 1.28. The van der Waals surface area contributed by atoms with E-state index in [4.69, 9.17) is 4.74 Å². The van der Waals surface area contributed by atoms with Gasteiger partial charge in [0.05, 0.1) is 7.11 Å². The lowest BCUT2D eigenvalue weighted by molar-refractivity contribution is -0.212. The molecule has 110 valence electrons. The Labute approximate surface area is 113 Å². The van der Waals surface area contributed by atoms with Gasteiger partial charge in [0, 0.05) is 17.8 Å². The van der Waals surface area contributed by atoms with Crippen molar-refractivity contribution in [2.24, 2.45) is 0 Å². The fourth-order valence-electron chi connectivity index (χ4n) is 2.00. The van der Waals surface area contributed by atoms with E-state index in [1.165, 1.54) is 13.2 Å². The number of halogens is 3. The minimum Gasteiger partial charge on any atom is -0.497 e. The van der Waals surface area contributed by atoms with E-state index in [9.17, 15) is 23.1 Å². The van der Waals surface area contributed by atoms with Gasteiger partial charge in [0.2, 0.25) is 0 Å². The van der Waals surface area contributed by atoms with Gasteiger partial charge in [-0.15, -0.1) is 0 Å². The van der Waals surface area contributed by atoms with Crippen LogP contribution in [0.3, 0.4) is 0 Å².